The summed E-state index contributed by atoms with van der Waals surface area (Å²) in [5, 5.41) is 6.81. The molecule has 0 aliphatic carbocycles. The lowest BCUT2D eigenvalue weighted by Gasteiger charge is -1.85. The second-order valence-electron chi connectivity index (χ2n) is 4.24. The van der Waals surface area contributed by atoms with Crippen LogP contribution in [0.2, 0.25) is 0 Å². The summed E-state index contributed by atoms with van der Waals surface area (Å²) >= 11 is 0. The molecule has 21 heavy (non-hydrogen) atoms. The van der Waals surface area contributed by atoms with Crippen LogP contribution in [-0.2, 0) is 0 Å². The van der Waals surface area contributed by atoms with Crippen LogP contribution in [0.1, 0.15) is 22.8 Å². The monoisotopic (exact) mass is 269 g/mol. The third kappa shape index (κ3) is 3.59. The first kappa shape index (κ1) is 12.7. The van der Waals surface area contributed by atoms with Crippen LogP contribution in [0.15, 0.2) is 60.7 Å². The van der Waals surface area contributed by atoms with E-state index in [2.05, 4.69) is 38.9 Å². The molecule has 2 aromatic carbocycles. The van der Waals surface area contributed by atoms with E-state index >= 15 is 0 Å². The molecule has 0 amide bonds. The lowest BCUT2D eigenvalue weighted by Crippen LogP contribution is -1.79. The summed E-state index contributed by atoms with van der Waals surface area (Å²) in [5.74, 6) is 12.8. The van der Waals surface area contributed by atoms with Crippen molar-refractivity contribution in [2.45, 2.75) is 0 Å². The standard InChI is InChI=1S/C18H11N3/c1-3-7-15(8-4-1)11-13-17-19-18(21-20-17)14-12-16-9-5-2-6-10-16/h1-10H,(H,19,20,21). The van der Waals surface area contributed by atoms with Crippen LogP contribution in [0, 0.1) is 23.7 Å². The third-order valence-electron chi connectivity index (χ3n) is 2.68. The van der Waals surface area contributed by atoms with Gasteiger partial charge in [0, 0.05) is 11.1 Å². The molecular formula is C18H11N3. The van der Waals surface area contributed by atoms with Crippen LogP contribution in [-0.4, -0.2) is 15.2 Å². The minimum absolute atomic E-state index is 0.441. The molecule has 0 bridgehead atoms. The molecule has 0 spiro atoms. The normalized spacial score (nSPS) is 9.14. The fourth-order valence-electron chi connectivity index (χ4n) is 1.68. The van der Waals surface area contributed by atoms with E-state index in [1.165, 1.54) is 0 Å². The van der Waals surface area contributed by atoms with Gasteiger partial charge in [0.05, 0.1) is 0 Å². The zero-order valence-corrected chi connectivity index (χ0v) is 11.2. The molecule has 3 aromatic rings. The SMILES string of the molecule is C(#Cc1n[nH]c(C#Cc2ccccc2)n1)c1ccccc1. The van der Waals surface area contributed by atoms with Gasteiger partial charge in [0.15, 0.2) is 0 Å². The maximum atomic E-state index is 4.23. The van der Waals surface area contributed by atoms with E-state index in [0.29, 0.717) is 11.6 Å². The van der Waals surface area contributed by atoms with Gasteiger partial charge in [0.2, 0.25) is 11.6 Å². The molecule has 0 unspecified atom stereocenters. The van der Waals surface area contributed by atoms with Crippen LogP contribution >= 0.6 is 0 Å². The summed E-state index contributed by atoms with van der Waals surface area (Å²) in [6.45, 7) is 0. The smallest absolute Gasteiger partial charge is 0.226 e. The Labute approximate surface area is 123 Å². The number of hydrogen-bond acceptors (Lipinski definition) is 2. The Morgan fingerprint density at radius 1 is 0.667 bits per heavy atom. The molecule has 1 heterocycles. The maximum absolute atomic E-state index is 4.23. The highest BCUT2D eigenvalue weighted by molar-refractivity contribution is 5.40. The predicted molar refractivity (Wildman–Crippen MR) is 81.2 cm³/mol. The second kappa shape index (κ2) is 6.23. The van der Waals surface area contributed by atoms with Gasteiger partial charge in [-0.15, -0.1) is 5.10 Å². The van der Waals surface area contributed by atoms with Crippen molar-refractivity contribution in [3.8, 4) is 23.7 Å². The fraction of sp³-hybridized carbons (Fsp3) is 0. The summed E-state index contributed by atoms with van der Waals surface area (Å²) in [4.78, 5) is 4.23. The van der Waals surface area contributed by atoms with Crippen molar-refractivity contribution in [1.29, 1.82) is 0 Å². The van der Waals surface area contributed by atoms with Crippen LogP contribution < -0.4 is 0 Å². The van der Waals surface area contributed by atoms with Gasteiger partial charge < -0.3 is 0 Å². The van der Waals surface area contributed by atoms with Gasteiger partial charge in [-0.3, -0.25) is 5.10 Å². The Morgan fingerprint density at radius 3 is 1.86 bits per heavy atom. The second-order valence-corrected chi connectivity index (χ2v) is 4.24. The first-order valence-corrected chi connectivity index (χ1v) is 6.47. The van der Waals surface area contributed by atoms with Gasteiger partial charge in [-0.25, -0.2) is 0 Å². The summed E-state index contributed by atoms with van der Waals surface area (Å²) in [5.41, 5.74) is 1.87. The lowest BCUT2D eigenvalue weighted by atomic mass is 10.2. The molecule has 1 aromatic heterocycles. The number of aromatic amines is 1. The van der Waals surface area contributed by atoms with E-state index in [-0.39, 0.29) is 0 Å². The van der Waals surface area contributed by atoms with E-state index in [1.54, 1.807) is 0 Å². The summed E-state index contributed by atoms with van der Waals surface area (Å²) in [7, 11) is 0. The van der Waals surface area contributed by atoms with Gasteiger partial charge in [0.25, 0.3) is 0 Å². The summed E-state index contributed by atoms with van der Waals surface area (Å²) in [6, 6.07) is 19.5. The zero-order chi connectivity index (χ0) is 14.3. The van der Waals surface area contributed by atoms with Gasteiger partial charge in [-0.2, -0.15) is 4.98 Å². The molecule has 0 atom stereocenters. The topological polar surface area (TPSA) is 41.6 Å². The predicted octanol–water partition coefficient (Wildman–Crippen LogP) is 2.60. The van der Waals surface area contributed by atoms with Gasteiger partial charge in [-0.1, -0.05) is 48.2 Å². The highest BCUT2D eigenvalue weighted by Crippen LogP contribution is 1.97. The average Bonchev–Trinajstić information content (AvgIpc) is 3.01. The minimum atomic E-state index is 0.441. The number of nitrogens with zero attached hydrogens (tertiary/aromatic N) is 2. The molecule has 1 N–H and O–H groups in total. The van der Waals surface area contributed by atoms with Crippen molar-refractivity contribution < 1.29 is 0 Å². The number of hydrogen-bond donors (Lipinski definition) is 1. The van der Waals surface area contributed by atoms with Crippen LogP contribution in [0.4, 0.5) is 0 Å². The minimum Gasteiger partial charge on any atom is -0.251 e. The lowest BCUT2D eigenvalue weighted by molar-refractivity contribution is 1.06. The van der Waals surface area contributed by atoms with E-state index in [4.69, 9.17) is 0 Å². The maximum Gasteiger partial charge on any atom is 0.226 e. The summed E-state index contributed by atoms with van der Waals surface area (Å²) < 4.78 is 0. The van der Waals surface area contributed by atoms with E-state index in [9.17, 15) is 0 Å². The first-order valence-electron chi connectivity index (χ1n) is 6.47. The molecular weight excluding hydrogens is 258 g/mol. The molecule has 0 aliphatic heterocycles. The molecule has 3 heteroatoms. The van der Waals surface area contributed by atoms with Crippen molar-refractivity contribution in [3.05, 3.63) is 83.4 Å². The van der Waals surface area contributed by atoms with E-state index < -0.39 is 0 Å². The van der Waals surface area contributed by atoms with Gasteiger partial charge >= 0.3 is 0 Å². The molecule has 3 nitrogen and oxygen atoms in total. The van der Waals surface area contributed by atoms with Gasteiger partial charge in [0.1, 0.15) is 0 Å². The van der Waals surface area contributed by atoms with Gasteiger partial charge in [-0.05, 0) is 36.1 Å². The van der Waals surface area contributed by atoms with Crippen LogP contribution in [0.3, 0.4) is 0 Å². The van der Waals surface area contributed by atoms with Crippen LogP contribution in [0.25, 0.3) is 0 Å². The molecule has 0 saturated heterocycles. The Hall–Kier alpha value is -3.30. The number of nitrogens with one attached hydrogen (secondary N) is 1. The zero-order valence-electron chi connectivity index (χ0n) is 11.2. The van der Waals surface area contributed by atoms with Crippen molar-refractivity contribution in [1.82, 2.24) is 15.2 Å². The van der Waals surface area contributed by atoms with Crippen molar-refractivity contribution >= 4 is 0 Å². The number of aromatic nitrogens is 3. The van der Waals surface area contributed by atoms with Crippen molar-refractivity contribution in [2.75, 3.05) is 0 Å². The Balaban J connectivity index is 1.76. The molecule has 0 fully saturated rings. The first-order chi connectivity index (χ1) is 10.4. The highest BCUT2D eigenvalue weighted by atomic mass is 15.2. The van der Waals surface area contributed by atoms with Crippen molar-refractivity contribution in [3.63, 3.8) is 0 Å². The molecule has 0 saturated carbocycles. The Morgan fingerprint density at radius 2 is 1.24 bits per heavy atom. The van der Waals surface area contributed by atoms with E-state index in [1.807, 2.05) is 60.7 Å². The average molecular weight is 269 g/mol. The Kier molecular flexibility index (Phi) is 3.77. The van der Waals surface area contributed by atoms with Crippen molar-refractivity contribution in [2.24, 2.45) is 0 Å². The summed E-state index contributed by atoms with van der Waals surface area (Å²) in [6.07, 6.45) is 0. The molecule has 3 rings (SSSR count). The molecule has 98 valence electrons. The molecule has 0 radical (unpaired) electrons. The number of benzene rings is 2. The largest absolute Gasteiger partial charge is 0.251 e. The number of rotatable bonds is 0. The quantitative estimate of drug-likeness (QED) is 0.637. The Bertz CT molecular complexity index is 769. The third-order valence-corrected chi connectivity index (χ3v) is 2.68. The number of H-pyrrole nitrogens is 1. The van der Waals surface area contributed by atoms with Crippen LogP contribution in [0.5, 0.6) is 0 Å². The fourth-order valence-corrected chi connectivity index (χ4v) is 1.68. The molecule has 0 aliphatic rings. The van der Waals surface area contributed by atoms with E-state index in [0.717, 1.165) is 11.1 Å². The highest BCUT2D eigenvalue weighted by Gasteiger charge is 1.96.